The highest BCUT2D eigenvalue weighted by Crippen LogP contribution is 2.22. The molecule has 1 aromatic carbocycles. The van der Waals surface area contributed by atoms with Crippen LogP contribution >= 0.6 is 0 Å². The van der Waals surface area contributed by atoms with Gasteiger partial charge in [-0.05, 0) is 76.0 Å². The van der Waals surface area contributed by atoms with Crippen LogP contribution in [0.3, 0.4) is 0 Å². The lowest BCUT2D eigenvalue weighted by Gasteiger charge is -2.28. The summed E-state index contributed by atoms with van der Waals surface area (Å²) in [4.78, 5) is 2.62. The van der Waals surface area contributed by atoms with Crippen LogP contribution < -0.4 is 9.46 Å². The Labute approximate surface area is 133 Å². The predicted molar refractivity (Wildman–Crippen MR) is 87.8 cm³/mol. The molecule has 1 saturated heterocycles. The number of hydrogen-bond acceptors (Lipinski definition) is 4. The third-order valence-electron chi connectivity index (χ3n) is 4.36. The Kier molecular flexibility index (Phi) is 5.83. The number of sulfonamides is 1. The number of hydrogen-bond donors (Lipinski definition) is 1. The molecular weight excluding hydrogens is 300 g/mol. The van der Waals surface area contributed by atoms with Crippen molar-refractivity contribution < 1.29 is 13.2 Å². The summed E-state index contributed by atoms with van der Waals surface area (Å²) in [6.07, 6.45) is 3.21. The van der Waals surface area contributed by atoms with Gasteiger partial charge in [0.25, 0.3) is 0 Å². The average Bonchev–Trinajstić information content (AvgIpc) is 2.49. The largest absolute Gasteiger partial charge is 0.496 e. The van der Waals surface area contributed by atoms with E-state index in [9.17, 15) is 8.42 Å². The lowest BCUT2D eigenvalue weighted by atomic mass is 9.94. The second-order valence-electron chi connectivity index (χ2n) is 6.06. The number of nitrogens with zero attached hydrogens (tertiary/aromatic N) is 1. The Morgan fingerprint density at radius 1 is 1.32 bits per heavy atom. The molecule has 1 heterocycles. The van der Waals surface area contributed by atoms with Gasteiger partial charge in [0.15, 0.2) is 0 Å². The first-order valence-electron chi connectivity index (χ1n) is 7.75. The van der Waals surface area contributed by atoms with Crippen molar-refractivity contribution in [1.29, 1.82) is 0 Å². The highest BCUT2D eigenvalue weighted by molar-refractivity contribution is 7.89. The number of likely N-dealkylation sites (tertiary alicyclic amines) is 1. The molecule has 124 valence electrons. The topological polar surface area (TPSA) is 58.6 Å². The highest BCUT2D eigenvalue weighted by atomic mass is 32.2. The number of methoxy groups -OCH3 is 1. The fourth-order valence-corrected chi connectivity index (χ4v) is 3.98. The Bertz CT molecular complexity index is 593. The number of ether oxygens (including phenoxy) is 1. The molecule has 5 nitrogen and oxygen atoms in total. The number of nitrogens with one attached hydrogen (secondary N) is 1. The van der Waals surface area contributed by atoms with Crippen LogP contribution in [0.5, 0.6) is 5.75 Å². The van der Waals surface area contributed by atoms with Crippen LogP contribution in [-0.4, -0.2) is 47.1 Å². The fraction of sp³-hybridized carbons (Fsp3) is 0.625. The molecule has 0 atom stereocenters. The molecular formula is C16H26N2O3S. The molecule has 6 heteroatoms. The monoisotopic (exact) mass is 326 g/mol. The summed E-state index contributed by atoms with van der Waals surface area (Å²) in [6.45, 7) is 4.56. The standard InChI is InChI=1S/C16H26N2O3S/c1-13-12-15(4-5-16(13)21-3)22(19,20)17-9-6-14-7-10-18(2)11-8-14/h4-5,12,14,17H,6-11H2,1-3H3. The molecule has 0 bridgehead atoms. The number of aryl methyl sites for hydroxylation is 1. The fourth-order valence-electron chi connectivity index (χ4n) is 2.85. The van der Waals surface area contributed by atoms with E-state index in [2.05, 4.69) is 16.7 Å². The number of piperidine rings is 1. The molecule has 1 aromatic rings. The van der Waals surface area contributed by atoms with Gasteiger partial charge in [-0.1, -0.05) is 0 Å². The maximum Gasteiger partial charge on any atom is 0.240 e. The summed E-state index contributed by atoms with van der Waals surface area (Å²) in [7, 11) is 0.274. The van der Waals surface area contributed by atoms with Crippen molar-refractivity contribution in [3.63, 3.8) is 0 Å². The van der Waals surface area contributed by atoms with Crippen molar-refractivity contribution >= 4 is 10.0 Å². The minimum Gasteiger partial charge on any atom is -0.496 e. The van der Waals surface area contributed by atoms with Crippen LogP contribution in [0.25, 0.3) is 0 Å². The quantitative estimate of drug-likeness (QED) is 0.869. The van der Waals surface area contributed by atoms with E-state index in [-0.39, 0.29) is 0 Å². The lowest BCUT2D eigenvalue weighted by Crippen LogP contribution is -2.32. The molecule has 0 aromatic heterocycles. The maximum atomic E-state index is 12.3. The van der Waals surface area contributed by atoms with Crippen molar-refractivity contribution in [2.75, 3.05) is 33.8 Å². The average molecular weight is 326 g/mol. The molecule has 22 heavy (non-hydrogen) atoms. The molecule has 0 saturated carbocycles. The minimum atomic E-state index is -3.44. The zero-order chi connectivity index (χ0) is 16.2. The molecule has 2 rings (SSSR count). The van der Waals surface area contributed by atoms with Crippen molar-refractivity contribution in [2.24, 2.45) is 5.92 Å². The smallest absolute Gasteiger partial charge is 0.240 e. The van der Waals surface area contributed by atoms with E-state index in [4.69, 9.17) is 4.74 Å². The van der Waals surface area contributed by atoms with Gasteiger partial charge in [-0.15, -0.1) is 0 Å². The number of rotatable bonds is 6. The van der Waals surface area contributed by atoms with Gasteiger partial charge in [-0.25, -0.2) is 13.1 Å². The van der Waals surface area contributed by atoms with Crippen molar-refractivity contribution in [2.45, 2.75) is 31.1 Å². The number of benzene rings is 1. The van der Waals surface area contributed by atoms with E-state index in [1.807, 2.05) is 6.92 Å². The van der Waals surface area contributed by atoms with E-state index in [0.29, 0.717) is 23.1 Å². The molecule has 1 N–H and O–H groups in total. The highest BCUT2D eigenvalue weighted by Gasteiger charge is 2.19. The van der Waals surface area contributed by atoms with E-state index in [1.165, 1.54) is 0 Å². The van der Waals surface area contributed by atoms with Gasteiger partial charge in [0.05, 0.1) is 12.0 Å². The third kappa shape index (κ3) is 4.44. The van der Waals surface area contributed by atoms with Crippen molar-refractivity contribution in [1.82, 2.24) is 9.62 Å². The zero-order valence-corrected chi connectivity index (χ0v) is 14.4. The maximum absolute atomic E-state index is 12.3. The van der Waals surface area contributed by atoms with E-state index in [1.54, 1.807) is 25.3 Å². The van der Waals surface area contributed by atoms with Crippen molar-refractivity contribution in [3.8, 4) is 5.75 Å². The summed E-state index contributed by atoms with van der Waals surface area (Å²) >= 11 is 0. The Balaban J connectivity index is 1.89. The first-order chi connectivity index (χ1) is 10.4. The van der Waals surface area contributed by atoms with Gasteiger partial charge >= 0.3 is 0 Å². The molecule has 0 radical (unpaired) electrons. The molecule has 1 aliphatic rings. The lowest BCUT2D eigenvalue weighted by molar-refractivity contribution is 0.213. The van der Waals surface area contributed by atoms with E-state index >= 15 is 0 Å². The second-order valence-corrected chi connectivity index (χ2v) is 7.83. The van der Waals surface area contributed by atoms with Gasteiger partial charge in [0.1, 0.15) is 5.75 Å². The van der Waals surface area contributed by atoms with E-state index < -0.39 is 10.0 Å². The van der Waals surface area contributed by atoms with Gasteiger partial charge in [0.2, 0.25) is 10.0 Å². The Morgan fingerprint density at radius 2 is 2.00 bits per heavy atom. The molecule has 0 unspecified atom stereocenters. The Hall–Kier alpha value is -1.11. The molecule has 1 fully saturated rings. The first kappa shape index (κ1) is 17.2. The minimum absolute atomic E-state index is 0.300. The van der Waals surface area contributed by atoms with Crippen LogP contribution in [0.4, 0.5) is 0 Å². The molecule has 0 spiro atoms. The normalized spacial score (nSPS) is 17.6. The zero-order valence-electron chi connectivity index (χ0n) is 13.6. The van der Waals surface area contributed by atoms with Gasteiger partial charge in [-0.2, -0.15) is 0 Å². The molecule has 0 aliphatic carbocycles. The SMILES string of the molecule is COc1ccc(S(=O)(=O)NCCC2CCN(C)CC2)cc1C. The summed E-state index contributed by atoms with van der Waals surface area (Å²) in [5.74, 6) is 1.32. The Morgan fingerprint density at radius 3 is 2.59 bits per heavy atom. The van der Waals surface area contributed by atoms with Crippen LogP contribution in [-0.2, 0) is 10.0 Å². The van der Waals surface area contributed by atoms with Crippen LogP contribution in [0.15, 0.2) is 23.1 Å². The van der Waals surface area contributed by atoms with E-state index in [0.717, 1.165) is 37.9 Å². The van der Waals surface area contributed by atoms with Crippen LogP contribution in [0, 0.1) is 12.8 Å². The van der Waals surface area contributed by atoms with Gasteiger partial charge in [-0.3, -0.25) is 0 Å². The molecule has 1 aliphatic heterocycles. The summed E-state index contributed by atoms with van der Waals surface area (Å²) in [6, 6.07) is 4.93. The van der Waals surface area contributed by atoms with Gasteiger partial charge < -0.3 is 9.64 Å². The second kappa shape index (κ2) is 7.44. The van der Waals surface area contributed by atoms with Crippen molar-refractivity contribution in [3.05, 3.63) is 23.8 Å². The first-order valence-corrected chi connectivity index (χ1v) is 9.23. The van der Waals surface area contributed by atoms with Crippen LogP contribution in [0.2, 0.25) is 0 Å². The summed E-state index contributed by atoms with van der Waals surface area (Å²) in [5, 5.41) is 0. The summed E-state index contributed by atoms with van der Waals surface area (Å²) < 4.78 is 32.5. The molecule has 0 amide bonds. The summed E-state index contributed by atoms with van der Waals surface area (Å²) in [5.41, 5.74) is 0.820. The van der Waals surface area contributed by atoms with Crippen LogP contribution in [0.1, 0.15) is 24.8 Å². The van der Waals surface area contributed by atoms with Gasteiger partial charge in [0, 0.05) is 6.54 Å². The third-order valence-corrected chi connectivity index (χ3v) is 5.82. The predicted octanol–water partition coefficient (Wildman–Crippen LogP) is 2.01.